The first-order valence-electron chi connectivity index (χ1n) is 47.7. The summed E-state index contributed by atoms with van der Waals surface area (Å²) in [5, 5.41) is 0. The Balaban J connectivity index is 0.868. The van der Waals surface area contributed by atoms with Crippen molar-refractivity contribution in [3.05, 3.63) is 251 Å². The fraction of sp³-hybridized carbons (Fsp3) is 0.429. The number of benzene rings is 9. The van der Waals surface area contributed by atoms with Gasteiger partial charge in [0.1, 0.15) is 22.1 Å². The third kappa shape index (κ3) is 19.4. The average molecular weight is 1660 g/mol. The van der Waals surface area contributed by atoms with Crippen LogP contribution in [0.15, 0.2) is 206 Å². The highest BCUT2D eigenvalue weighted by atomic mass is 32.1. The van der Waals surface area contributed by atoms with Crippen LogP contribution >= 0.6 is 34.4 Å². The first-order valence-corrected chi connectivity index (χ1v) is 50.1. The molecular formula is C112H134N6S3. The molecule has 630 valence electrons. The molecule has 0 amide bonds. The molecule has 15 rings (SSSR count). The summed E-state index contributed by atoms with van der Waals surface area (Å²) in [6.07, 6.45) is 46.7. The predicted octanol–water partition coefficient (Wildman–Crippen LogP) is 35.8. The van der Waals surface area contributed by atoms with Gasteiger partial charge in [0.05, 0.1) is 23.1 Å². The third-order valence-electron chi connectivity index (χ3n) is 27.1. The predicted molar refractivity (Wildman–Crippen MR) is 527 cm³/mol. The second-order valence-electron chi connectivity index (χ2n) is 35.6. The Hall–Kier alpha value is -8.86. The molecule has 9 aromatic carbocycles. The van der Waals surface area contributed by atoms with Crippen LogP contribution in [0.4, 0.5) is 34.1 Å². The van der Waals surface area contributed by atoms with Gasteiger partial charge in [0.2, 0.25) is 0 Å². The van der Waals surface area contributed by atoms with Crippen LogP contribution in [0, 0.1) is 13.8 Å². The molecule has 0 fully saturated rings. The van der Waals surface area contributed by atoms with E-state index in [-0.39, 0.29) is 10.8 Å². The molecule has 121 heavy (non-hydrogen) atoms. The van der Waals surface area contributed by atoms with Gasteiger partial charge in [-0.25, -0.2) is 9.97 Å². The minimum Gasteiger partial charge on any atom is -0.310 e. The fourth-order valence-corrected chi connectivity index (χ4v) is 23.6. The van der Waals surface area contributed by atoms with Crippen LogP contribution in [0.2, 0.25) is 0 Å². The van der Waals surface area contributed by atoms with E-state index in [0.717, 1.165) is 95.9 Å². The molecule has 0 saturated heterocycles. The number of anilines is 6. The smallest absolute Gasteiger partial charge is 0.116 e. The van der Waals surface area contributed by atoms with Crippen molar-refractivity contribution in [3.8, 4) is 64.0 Å². The zero-order valence-electron chi connectivity index (χ0n) is 74.4. The number of aromatic nitrogens is 4. The van der Waals surface area contributed by atoms with Crippen LogP contribution in [0.3, 0.4) is 0 Å². The van der Waals surface area contributed by atoms with Gasteiger partial charge in [-0.2, -0.15) is 8.75 Å². The maximum Gasteiger partial charge on any atom is 0.116 e. The van der Waals surface area contributed by atoms with Crippen molar-refractivity contribution in [2.24, 2.45) is 0 Å². The number of para-hydroxylation sites is 4. The first kappa shape index (κ1) is 87.1. The average Bonchev–Trinajstić information content (AvgIpc) is 1.61. The van der Waals surface area contributed by atoms with Crippen molar-refractivity contribution in [3.63, 3.8) is 0 Å². The van der Waals surface area contributed by atoms with Gasteiger partial charge in [0.15, 0.2) is 0 Å². The lowest BCUT2D eigenvalue weighted by atomic mass is 9.70. The molecule has 4 aromatic heterocycles. The highest BCUT2D eigenvalue weighted by Gasteiger charge is 2.45. The lowest BCUT2D eigenvalue weighted by Crippen LogP contribution is -2.26. The number of rotatable bonds is 48. The second-order valence-corrected chi connectivity index (χ2v) is 38.2. The van der Waals surface area contributed by atoms with E-state index >= 15 is 0 Å². The molecule has 2 aliphatic carbocycles. The first-order chi connectivity index (χ1) is 59.6. The number of unbranched alkanes of at least 4 members (excludes halogenated alkanes) is 26. The number of hydrogen-bond acceptors (Lipinski definition) is 9. The molecule has 0 atom stereocenters. The molecule has 9 heteroatoms. The molecule has 6 nitrogen and oxygen atoms in total. The maximum atomic E-state index is 5.77. The van der Waals surface area contributed by atoms with Crippen molar-refractivity contribution in [2.75, 3.05) is 9.80 Å². The SMILES string of the molecule is CCCCCCCCC1(CCCCCCCC)c2cc(-c3sc(-c4c5nsnc5c(-c5cc(CCCCCC)c(-c6ccc7c(c6)C(CCCCCCCC)(CCCCCCCC)c6cc(N(c8ccccc8)c8ccccc8)ccc6-7)s5)c5nc(C)c(C)nc45)cc3CCCCCC)ccc2-c2ccc(N(c3ccccc3)c3ccccc3)cc21. The lowest BCUT2D eigenvalue weighted by molar-refractivity contribution is 0.398. The van der Waals surface area contributed by atoms with E-state index in [4.69, 9.17) is 18.7 Å². The van der Waals surface area contributed by atoms with Crippen molar-refractivity contribution in [1.82, 2.24) is 18.7 Å². The van der Waals surface area contributed by atoms with E-state index < -0.39 is 0 Å². The summed E-state index contributed by atoms with van der Waals surface area (Å²) in [5.41, 5.74) is 31.9. The second kappa shape index (κ2) is 42.5. The summed E-state index contributed by atoms with van der Waals surface area (Å²) in [4.78, 5) is 21.7. The Labute approximate surface area is 738 Å². The summed E-state index contributed by atoms with van der Waals surface area (Å²) in [6, 6.07) is 80.0. The van der Waals surface area contributed by atoms with Crippen molar-refractivity contribution in [1.29, 1.82) is 0 Å². The summed E-state index contributed by atoms with van der Waals surface area (Å²) >= 11 is 5.28. The molecule has 0 radical (unpaired) electrons. The number of aryl methyl sites for hydroxylation is 4. The standard InChI is InChI=1S/C112H134N6S3/c1-9-15-21-27-31-49-71-111(72-50-32-28-22-16-10-2)97-75-85(63-67-93(97)95-69-65-91(79-99(95)111)117(87-55-41-35-42-56-87)88-57-43-36-44-58-88)109-83(53-39-25-19-13-5)77-101(119-109)103-105-106(114-82(8)81(7)113-105)104(108-107(103)115-121-116-108)102-78-84(54-40-26-20-14-6)110(120-102)86-64-68-94-96-70-66-92(118(89-59-45-37-46-60-89)90-61-47-38-48-62-90)80-100(96)112(98(94)76-86,73-51-33-29-23-17-11-3)74-52-34-30-24-18-12-4/h35-38,41-48,55-70,75-80H,9-34,39-40,49-54,71-74H2,1-8H3. The van der Waals surface area contributed by atoms with Crippen molar-refractivity contribution in [2.45, 2.75) is 310 Å². The largest absolute Gasteiger partial charge is 0.310 e. The number of thiophene rings is 2. The van der Waals surface area contributed by atoms with Crippen molar-refractivity contribution >= 4 is 90.6 Å². The molecule has 0 unspecified atom stereocenters. The van der Waals surface area contributed by atoms with Gasteiger partial charge in [0.25, 0.3) is 0 Å². The molecule has 13 aromatic rings. The number of fused-ring (bicyclic) bond motifs is 8. The monoisotopic (exact) mass is 1660 g/mol. The van der Waals surface area contributed by atoms with Crippen molar-refractivity contribution < 1.29 is 0 Å². The molecule has 0 spiro atoms. The summed E-state index contributed by atoms with van der Waals surface area (Å²) in [5.74, 6) is 0. The molecule has 2 aliphatic rings. The normalized spacial score (nSPS) is 13.0. The Kier molecular flexibility index (Phi) is 30.6. The Morgan fingerprint density at radius 3 is 0.868 bits per heavy atom. The van der Waals surface area contributed by atoms with Gasteiger partial charge in [-0.05, 0) is 229 Å². The van der Waals surface area contributed by atoms with E-state index in [0.29, 0.717) is 0 Å². The molecule has 0 saturated carbocycles. The van der Waals surface area contributed by atoms with Crippen LogP contribution in [-0.2, 0) is 23.7 Å². The topological polar surface area (TPSA) is 58.0 Å². The highest BCUT2D eigenvalue weighted by Crippen LogP contribution is 2.60. The van der Waals surface area contributed by atoms with Gasteiger partial charge < -0.3 is 9.80 Å². The van der Waals surface area contributed by atoms with E-state index in [9.17, 15) is 0 Å². The van der Waals surface area contributed by atoms with Gasteiger partial charge >= 0.3 is 0 Å². The molecule has 0 N–H and O–H groups in total. The number of nitrogens with zero attached hydrogens (tertiary/aromatic N) is 6. The molecule has 0 aliphatic heterocycles. The van der Waals surface area contributed by atoms with Gasteiger partial charge in [-0.15, -0.1) is 22.7 Å². The van der Waals surface area contributed by atoms with Gasteiger partial charge in [-0.3, -0.25) is 0 Å². The Morgan fingerprint density at radius 1 is 0.273 bits per heavy atom. The number of hydrogen-bond donors (Lipinski definition) is 0. The minimum absolute atomic E-state index is 0.157. The highest BCUT2D eigenvalue weighted by molar-refractivity contribution is 7.20. The summed E-state index contributed by atoms with van der Waals surface area (Å²) < 4.78 is 10.9. The summed E-state index contributed by atoms with van der Waals surface area (Å²) in [7, 11) is 0. The molecule has 4 heterocycles. The Bertz CT molecular complexity index is 5030. The quantitative estimate of drug-likeness (QED) is 0.0354. The third-order valence-corrected chi connectivity index (χ3v) is 30.1. The van der Waals surface area contributed by atoms with Crippen LogP contribution in [0.5, 0.6) is 0 Å². The zero-order valence-corrected chi connectivity index (χ0v) is 76.9. The van der Waals surface area contributed by atoms with Crippen LogP contribution < -0.4 is 9.80 Å². The molecular weight excluding hydrogens is 1530 g/mol. The van der Waals surface area contributed by atoms with Gasteiger partial charge in [-0.1, -0.05) is 343 Å². The lowest BCUT2D eigenvalue weighted by Gasteiger charge is -2.34. The van der Waals surface area contributed by atoms with E-state index in [1.807, 2.05) is 22.7 Å². The minimum atomic E-state index is -0.157. The van der Waals surface area contributed by atoms with E-state index in [1.165, 1.54) is 325 Å². The fourth-order valence-electron chi connectivity index (χ4n) is 20.5. The van der Waals surface area contributed by atoms with Crippen LogP contribution in [0.1, 0.15) is 317 Å². The van der Waals surface area contributed by atoms with Crippen LogP contribution in [0.25, 0.3) is 86.1 Å². The zero-order chi connectivity index (χ0) is 83.3. The van der Waals surface area contributed by atoms with Crippen LogP contribution in [-0.4, -0.2) is 18.7 Å². The maximum absolute atomic E-state index is 5.77. The molecule has 0 bridgehead atoms. The van der Waals surface area contributed by atoms with E-state index in [1.54, 1.807) is 0 Å². The Morgan fingerprint density at radius 2 is 0.554 bits per heavy atom. The van der Waals surface area contributed by atoms with Gasteiger partial charge in [0, 0.05) is 75.6 Å². The summed E-state index contributed by atoms with van der Waals surface area (Å²) in [6.45, 7) is 18.4. The van der Waals surface area contributed by atoms with E-state index in [2.05, 4.69) is 271 Å².